The van der Waals surface area contributed by atoms with Crippen LogP contribution in [0, 0.1) is 5.92 Å². The molecule has 0 bridgehead atoms. The first-order chi connectivity index (χ1) is 15.4. The number of hydrogen-bond acceptors (Lipinski definition) is 6. The van der Waals surface area contributed by atoms with Crippen molar-refractivity contribution in [1.29, 1.82) is 0 Å². The van der Waals surface area contributed by atoms with Crippen molar-refractivity contribution in [3.63, 3.8) is 0 Å². The SMILES string of the molecule is COc1cc(C2C3=C(OC4CCCCC4C3=O)C(=O)N2c2ccc(Cl)cn2)cc(Br)c1O. The monoisotopic (exact) mass is 518 g/mol. The topological polar surface area (TPSA) is 89.0 Å². The predicted octanol–water partition coefficient (Wildman–Crippen LogP) is 4.71. The molecular weight excluding hydrogens is 500 g/mol. The van der Waals surface area contributed by atoms with Gasteiger partial charge in [0.2, 0.25) is 0 Å². The molecule has 3 atom stereocenters. The predicted molar refractivity (Wildman–Crippen MR) is 121 cm³/mol. The van der Waals surface area contributed by atoms with Crippen LogP contribution >= 0.6 is 27.5 Å². The second-order valence-electron chi connectivity index (χ2n) is 8.12. The molecular formula is C23H20BrClN2O5. The Balaban J connectivity index is 1.69. The van der Waals surface area contributed by atoms with Crippen LogP contribution in [0.5, 0.6) is 11.5 Å². The molecule has 0 saturated heterocycles. The van der Waals surface area contributed by atoms with Crippen molar-refractivity contribution in [2.24, 2.45) is 5.92 Å². The van der Waals surface area contributed by atoms with Crippen LogP contribution in [0.1, 0.15) is 37.3 Å². The third-order valence-corrected chi connectivity index (χ3v) is 7.14. The minimum atomic E-state index is -0.771. The molecule has 1 saturated carbocycles. The highest BCUT2D eigenvalue weighted by molar-refractivity contribution is 9.10. The normalized spacial score (nSPS) is 24.8. The van der Waals surface area contributed by atoms with Crippen molar-refractivity contribution in [2.45, 2.75) is 37.8 Å². The van der Waals surface area contributed by atoms with Crippen molar-refractivity contribution < 1.29 is 24.2 Å². The third-order valence-electron chi connectivity index (χ3n) is 6.31. The van der Waals surface area contributed by atoms with E-state index >= 15 is 0 Å². The Morgan fingerprint density at radius 3 is 2.75 bits per heavy atom. The lowest BCUT2D eigenvalue weighted by molar-refractivity contribution is -0.131. The Labute approximate surface area is 198 Å². The van der Waals surface area contributed by atoms with E-state index in [1.807, 2.05) is 0 Å². The number of Topliss-reactive ketones (excluding diaryl/α,β-unsaturated/α-hetero) is 1. The van der Waals surface area contributed by atoms with E-state index in [-0.39, 0.29) is 35.1 Å². The van der Waals surface area contributed by atoms with Gasteiger partial charge in [0.1, 0.15) is 11.9 Å². The number of nitrogens with zero attached hydrogens (tertiary/aromatic N) is 2. The van der Waals surface area contributed by atoms with Gasteiger partial charge in [-0.3, -0.25) is 14.5 Å². The molecule has 1 N–H and O–H groups in total. The van der Waals surface area contributed by atoms with Gasteiger partial charge in [-0.15, -0.1) is 0 Å². The number of pyridine rings is 1. The highest BCUT2D eigenvalue weighted by atomic mass is 79.9. The van der Waals surface area contributed by atoms with Crippen molar-refractivity contribution in [3.8, 4) is 11.5 Å². The van der Waals surface area contributed by atoms with Gasteiger partial charge >= 0.3 is 0 Å². The second-order valence-corrected chi connectivity index (χ2v) is 9.41. The number of phenolic OH excluding ortho intramolecular Hbond substituents is 1. The molecule has 1 aromatic heterocycles. The van der Waals surface area contributed by atoms with Crippen LogP contribution in [-0.4, -0.2) is 35.0 Å². The van der Waals surface area contributed by atoms with Crippen LogP contribution < -0.4 is 9.64 Å². The number of methoxy groups -OCH3 is 1. The summed E-state index contributed by atoms with van der Waals surface area (Å²) in [7, 11) is 1.44. The zero-order valence-electron chi connectivity index (χ0n) is 17.2. The average molecular weight is 520 g/mol. The molecule has 3 unspecified atom stereocenters. The number of ether oxygens (including phenoxy) is 2. The first-order valence-electron chi connectivity index (χ1n) is 10.4. The summed E-state index contributed by atoms with van der Waals surface area (Å²) < 4.78 is 11.9. The van der Waals surface area contributed by atoms with Crippen LogP contribution in [-0.2, 0) is 14.3 Å². The molecule has 1 aromatic carbocycles. The molecule has 0 spiro atoms. The van der Waals surface area contributed by atoms with Crippen LogP contribution in [0.2, 0.25) is 5.02 Å². The van der Waals surface area contributed by atoms with Crippen LogP contribution in [0.3, 0.4) is 0 Å². The van der Waals surface area contributed by atoms with E-state index in [1.54, 1.807) is 24.3 Å². The number of aromatic hydroxyl groups is 1. The lowest BCUT2D eigenvalue weighted by Gasteiger charge is -2.35. The number of hydrogen-bond donors (Lipinski definition) is 1. The zero-order chi connectivity index (χ0) is 22.6. The van der Waals surface area contributed by atoms with Gasteiger partial charge < -0.3 is 14.6 Å². The highest BCUT2D eigenvalue weighted by Crippen LogP contribution is 2.49. The molecule has 1 aliphatic carbocycles. The fourth-order valence-corrected chi connectivity index (χ4v) is 5.39. The molecule has 3 aliphatic rings. The van der Waals surface area contributed by atoms with Crippen molar-refractivity contribution in [1.82, 2.24) is 4.98 Å². The molecule has 0 radical (unpaired) electrons. The second kappa shape index (κ2) is 8.08. The van der Waals surface area contributed by atoms with E-state index in [9.17, 15) is 14.7 Å². The van der Waals surface area contributed by atoms with E-state index < -0.39 is 11.9 Å². The Morgan fingerprint density at radius 2 is 2.03 bits per heavy atom. The molecule has 3 heterocycles. The van der Waals surface area contributed by atoms with Gasteiger partial charge in [-0.05, 0) is 65.0 Å². The van der Waals surface area contributed by atoms with Crippen molar-refractivity contribution in [3.05, 3.63) is 56.9 Å². The molecule has 2 aromatic rings. The molecule has 1 amide bonds. The summed E-state index contributed by atoms with van der Waals surface area (Å²) >= 11 is 9.35. The minimum Gasteiger partial charge on any atom is -0.503 e. The Kier molecular flexibility index (Phi) is 5.37. The Bertz CT molecular complexity index is 1150. The number of benzene rings is 1. The fourth-order valence-electron chi connectivity index (χ4n) is 4.81. The molecule has 1 fully saturated rings. The van der Waals surface area contributed by atoms with Gasteiger partial charge in [-0.2, -0.15) is 0 Å². The summed E-state index contributed by atoms with van der Waals surface area (Å²) in [6.45, 7) is 0. The highest BCUT2D eigenvalue weighted by Gasteiger charge is 2.52. The van der Waals surface area contributed by atoms with E-state index in [4.69, 9.17) is 21.1 Å². The first-order valence-corrected chi connectivity index (χ1v) is 11.5. The van der Waals surface area contributed by atoms with Crippen molar-refractivity contribution >= 4 is 45.0 Å². The number of fused-ring (bicyclic) bond motifs is 1. The van der Waals surface area contributed by atoms with Gasteiger partial charge in [0.15, 0.2) is 23.0 Å². The molecule has 166 valence electrons. The Morgan fingerprint density at radius 1 is 1.25 bits per heavy atom. The Hall–Kier alpha value is -2.58. The van der Waals surface area contributed by atoms with Gasteiger partial charge in [0.25, 0.3) is 5.91 Å². The number of halogens is 2. The maximum absolute atomic E-state index is 13.7. The number of amides is 1. The maximum Gasteiger partial charge on any atom is 0.295 e. The van der Waals surface area contributed by atoms with Gasteiger partial charge in [-0.1, -0.05) is 18.0 Å². The standard InChI is InChI=1S/C23H20BrClN2O5/c1-31-16-9-11(8-14(24)21(16)29)19-18-20(28)13-4-2-3-5-15(13)32-22(18)23(30)27(19)17-7-6-12(25)10-26-17/h6-10,13,15,19,29H,2-5H2,1H3. The number of anilines is 1. The van der Waals surface area contributed by atoms with E-state index in [0.29, 0.717) is 26.4 Å². The molecule has 9 heteroatoms. The number of ketones is 1. The number of phenols is 1. The smallest absolute Gasteiger partial charge is 0.295 e. The van der Waals surface area contributed by atoms with Gasteiger partial charge in [0.05, 0.1) is 34.1 Å². The quantitative estimate of drug-likeness (QED) is 0.632. The number of rotatable bonds is 3. The van der Waals surface area contributed by atoms with E-state index in [1.165, 1.54) is 18.2 Å². The summed E-state index contributed by atoms with van der Waals surface area (Å²) in [5.41, 5.74) is 0.919. The fraction of sp³-hybridized carbons (Fsp3) is 0.348. The summed E-state index contributed by atoms with van der Waals surface area (Å²) in [6.07, 6.45) is 4.59. The van der Waals surface area contributed by atoms with Crippen molar-refractivity contribution in [2.75, 3.05) is 12.0 Å². The lowest BCUT2D eigenvalue weighted by atomic mass is 9.77. The average Bonchev–Trinajstić information content (AvgIpc) is 3.09. The van der Waals surface area contributed by atoms with Crippen LogP contribution in [0.15, 0.2) is 46.3 Å². The van der Waals surface area contributed by atoms with Crippen LogP contribution in [0.4, 0.5) is 5.82 Å². The number of carbonyl (C=O) groups is 2. The molecule has 5 rings (SSSR count). The molecule has 32 heavy (non-hydrogen) atoms. The van der Waals surface area contributed by atoms with Gasteiger partial charge in [-0.25, -0.2) is 4.98 Å². The summed E-state index contributed by atoms with van der Waals surface area (Å²) in [5, 5.41) is 10.7. The largest absolute Gasteiger partial charge is 0.503 e. The molecule has 2 aliphatic heterocycles. The van der Waals surface area contributed by atoms with Gasteiger partial charge in [0, 0.05) is 6.20 Å². The number of carbonyl (C=O) groups excluding carboxylic acids is 2. The maximum atomic E-state index is 13.7. The minimum absolute atomic E-state index is 0.0612. The lowest BCUT2D eigenvalue weighted by Crippen LogP contribution is -2.39. The number of aromatic nitrogens is 1. The first kappa shape index (κ1) is 21.3. The third kappa shape index (κ3) is 3.28. The summed E-state index contributed by atoms with van der Waals surface area (Å²) in [5.74, 6) is -0.152. The molecule has 7 nitrogen and oxygen atoms in total. The van der Waals surface area contributed by atoms with E-state index in [0.717, 1.165) is 25.7 Å². The summed E-state index contributed by atoms with van der Waals surface area (Å²) in [4.78, 5) is 33.0. The summed E-state index contributed by atoms with van der Waals surface area (Å²) in [6, 6.07) is 5.80. The van der Waals surface area contributed by atoms with Crippen LogP contribution in [0.25, 0.3) is 0 Å². The van der Waals surface area contributed by atoms with E-state index in [2.05, 4.69) is 20.9 Å². The zero-order valence-corrected chi connectivity index (χ0v) is 19.5.